The van der Waals surface area contributed by atoms with Gasteiger partial charge in [-0.15, -0.1) is 0 Å². The second kappa shape index (κ2) is 10.7. The summed E-state index contributed by atoms with van der Waals surface area (Å²) in [5.74, 6) is -1.71. The first-order chi connectivity index (χ1) is 15.2. The number of H-pyrrole nitrogens is 1. The Morgan fingerprint density at radius 1 is 1.09 bits per heavy atom. The molecule has 1 aromatic carbocycles. The molecule has 12 nitrogen and oxygen atoms in total. The number of methoxy groups -OCH3 is 4. The molecule has 0 spiro atoms. The van der Waals surface area contributed by atoms with Crippen LogP contribution in [-0.2, 0) is 9.47 Å². The van der Waals surface area contributed by atoms with Gasteiger partial charge in [0.25, 0.3) is 5.56 Å². The number of esters is 1. The number of nitrogens with one attached hydrogen (secondary N) is 1. The van der Waals surface area contributed by atoms with Crippen LogP contribution in [0.15, 0.2) is 27.9 Å². The number of aromatic amines is 1. The molecule has 1 heterocycles. The van der Waals surface area contributed by atoms with Crippen molar-refractivity contribution in [3.63, 3.8) is 0 Å². The van der Waals surface area contributed by atoms with Gasteiger partial charge < -0.3 is 33.9 Å². The number of carbonyl (C=O) groups excluding carboxylic acids is 1. The molecule has 0 aliphatic carbocycles. The molecule has 0 saturated carbocycles. The van der Waals surface area contributed by atoms with E-state index >= 15 is 0 Å². The summed E-state index contributed by atoms with van der Waals surface area (Å²) >= 11 is 0. The van der Waals surface area contributed by atoms with E-state index in [2.05, 4.69) is 0 Å². The summed E-state index contributed by atoms with van der Waals surface area (Å²) in [5.41, 5.74) is -2.52. The van der Waals surface area contributed by atoms with E-state index < -0.39 is 48.1 Å². The zero-order valence-corrected chi connectivity index (χ0v) is 17.7. The molecule has 0 fully saturated rings. The normalized spacial score (nSPS) is 13.7. The molecule has 0 aliphatic heterocycles. The van der Waals surface area contributed by atoms with Gasteiger partial charge in [0.1, 0.15) is 41.6 Å². The average Bonchev–Trinajstić information content (AvgIpc) is 2.79. The molecule has 32 heavy (non-hydrogen) atoms. The maximum atomic E-state index is 13.5. The second-order valence-electron chi connectivity index (χ2n) is 6.33. The van der Waals surface area contributed by atoms with Crippen LogP contribution in [0.3, 0.4) is 0 Å². The monoisotopic (exact) mass is 458 g/mol. The van der Waals surface area contributed by atoms with Crippen LogP contribution in [0.5, 0.6) is 17.2 Å². The summed E-state index contributed by atoms with van der Waals surface area (Å²) in [5, 5.41) is 20.6. The third-order valence-corrected chi connectivity index (χ3v) is 4.50. The molecule has 3 atom stereocenters. The Balaban J connectivity index is 2.22. The molecular weight excluding hydrogens is 435 g/mol. The van der Waals surface area contributed by atoms with Crippen LogP contribution in [0, 0.1) is 5.82 Å². The Morgan fingerprint density at radius 2 is 1.69 bits per heavy atom. The lowest BCUT2D eigenvalue weighted by molar-refractivity contribution is -0.120. The topological polar surface area (TPSA) is 159 Å². The largest absolute Gasteiger partial charge is 0.496 e. The van der Waals surface area contributed by atoms with E-state index in [0.29, 0.717) is 16.5 Å². The standard InChI is InChI=1S/C19H23FN2O10/c1-28-9-5-11(29-2)14(12(6-9)30-3)18(26)32-8-13(31-4)15(23)17(25)22-7-10(20)16(24)21-19(22)27/h5-7,13,15,17,23,25H,8H2,1-4H3,(H,21,24,27). The Bertz CT molecular complexity index is 1040. The summed E-state index contributed by atoms with van der Waals surface area (Å²) in [4.78, 5) is 37.2. The molecule has 0 radical (unpaired) electrons. The number of carbonyl (C=O) groups is 1. The van der Waals surface area contributed by atoms with Crippen LogP contribution in [0.25, 0.3) is 0 Å². The molecule has 13 heteroatoms. The highest BCUT2D eigenvalue weighted by molar-refractivity contribution is 5.96. The van der Waals surface area contributed by atoms with Gasteiger partial charge in [-0.3, -0.25) is 14.3 Å². The molecular formula is C19H23FN2O10. The first-order valence-corrected chi connectivity index (χ1v) is 9.05. The van der Waals surface area contributed by atoms with Crippen molar-refractivity contribution in [2.45, 2.75) is 18.4 Å². The zero-order valence-electron chi connectivity index (χ0n) is 17.7. The van der Waals surface area contributed by atoms with Crippen molar-refractivity contribution in [3.8, 4) is 17.2 Å². The third kappa shape index (κ3) is 5.25. The Labute approximate surface area is 180 Å². The van der Waals surface area contributed by atoms with Crippen LogP contribution in [-0.4, -0.2) is 73.0 Å². The van der Waals surface area contributed by atoms with Crippen LogP contribution in [0.4, 0.5) is 4.39 Å². The van der Waals surface area contributed by atoms with Gasteiger partial charge in [-0.1, -0.05) is 0 Å². The fourth-order valence-corrected chi connectivity index (χ4v) is 2.76. The maximum absolute atomic E-state index is 13.5. The van der Waals surface area contributed by atoms with Gasteiger partial charge in [0, 0.05) is 19.2 Å². The third-order valence-electron chi connectivity index (χ3n) is 4.50. The number of benzene rings is 1. The van der Waals surface area contributed by atoms with Crippen molar-refractivity contribution in [2.24, 2.45) is 0 Å². The zero-order chi connectivity index (χ0) is 24.0. The van der Waals surface area contributed by atoms with Gasteiger partial charge in [-0.25, -0.2) is 9.59 Å². The summed E-state index contributed by atoms with van der Waals surface area (Å²) in [6.45, 7) is -0.577. The lowest BCUT2D eigenvalue weighted by Gasteiger charge is -2.26. The van der Waals surface area contributed by atoms with E-state index in [4.69, 9.17) is 23.7 Å². The SMILES string of the molecule is COc1cc(OC)c(C(=O)OCC(OC)C(O)C(O)n2cc(F)c(=O)[nH]c2=O)c(OC)c1. The maximum Gasteiger partial charge on any atom is 0.345 e. The van der Waals surface area contributed by atoms with Gasteiger partial charge in [-0.2, -0.15) is 4.39 Å². The van der Waals surface area contributed by atoms with Crippen LogP contribution in [0.2, 0.25) is 0 Å². The van der Waals surface area contributed by atoms with Crippen molar-refractivity contribution in [2.75, 3.05) is 35.0 Å². The molecule has 2 aromatic rings. The first-order valence-electron chi connectivity index (χ1n) is 9.05. The molecule has 1 aromatic heterocycles. The van der Waals surface area contributed by atoms with Gasteiger partial charge in [-0.05, 0) is 0 Å². The number of aliphatic hydroxyl groups excluding tert-OH is 2. The van der Waals surface area contributed by atoms with Crippen LogP contribution >= 0.6 is 0 Å². The quantitative estimate of drug-likeness (QED) is 0.394. The van der Waals surface area contributed by atoms with Gasteiger partial charge in [0.15, 0.2) is 6.23 Å². The minimum atomic E-state index is -2.03. The predicted octanol–water partition coefficient (Wildman–Crippen LogP) is -0.575. The number of rotatable bonds is 10. The van der Waals surface area contributed by atoms with Crippen molar-refractivity contribution in [1.29, 1.82) is 0 Å². The average molecular weight is 458 g/mol. The van der Waals surface area contributed by atoms with E-state index in [1.165, 1.54) is 33.5 Å². The van der Waals surface area contributed by atoms with E-state index in [1.54, 1.807) is 4.98 Å². The lowest BCUT2D eigenvalue weighted by Crippen LogP contribution is -2.44. The Hall–Kier alpha value is -3.42. The molecule has 3 unspecified atom stereocenters. The molecule has 2 rings (SSSR count). The minimum absolute atomic E-state index is 0.0698. The van der Waals surface area contributed by atoms with Crippen LogP contribution in [0.1, 0.15) is 16.6 Å². The molecule has 3 N–H and O–H groups in total. The van der Waals surface area contributed by atoms with E-state index in [1.807, 2.05) is 0 Å². The van der Waals surface area contributed by atoms with Gasteiger partial charge >= 0.3 is 11.7 Å². The van der Waals surface area contributed by atoms with E-state index in [-0.39, 0.29) is 17.1 Å². The summed E-state index contributed by atoms with van der Waals surface area (Å²) in [6.07, 6.45) is -4.79. The summed E-state index contributed by atoms with van der Waals surface area (Å²) in [6, 6.07) is 2.87. The number of aromatic nitrogens is 2. The van der Waals surface area contributed by atoms with Crippen molar-refractivity contribution >= 4 is 5.97 Å². The highest BCUT2D eigenvalue weighted by Gasteiger charge is 2.31. The Morgan fingerprint density at radius 3 is 2.19 bits per heavy atom. The fourth-order valence-electron chi connectivity index (χ4n) is 2.76. The number of aliphatic hydroxyl groups is 2. The molecule has 0 saturated heterocycles. The first kappa shape index (κ1) is 24.8. The number of hydrogen-bond acceptors (Lipinski definition) is 10. The second-order valence-corrected chi connectivity index (χ2v) is 6.33. The van der Waals surface area contributed by atoms with Crippen molar-refractivity contribution in [3.05, 3.63) is 50.5 Å². The van der Waals surface area contributed by atoms with E-state index in [0.717, 1.165) is 7.11 Å². The summed E-state index contributed by atoms with van der Waals surface area (Å²) in [7, 11) is 5.22. The number of ether oxygens (including phenoxy) is 5. The van der Waals surface area contributed by atoms with E-state index in [9.17, 15) is 29.0 Å². The molecule has 0 aliphatic rings. The van der Waals surface area contributed by atoms with Crippen LogP contribution < -0.4 is 25.5 Å². The number of nitrogens with zero attached hydrogens (tertiary/aromatic N) is 1. The number of halogens is 1. The van der Waals surface area contributed by atoms with Crippen molar-refractivity contribution in [1.82, 2.24) is 9.55 Å². The van der Waals surface area contributed by atoms with Gasteiger partial charge in [0.2, 0.25) is 5.82 Å². The fraction of sp³-hybridized carbons (Fsp3) is 0.421. The lowest BCUT2D eigenvalue weighted by atomic mass is 10.1. The highest BCUT2D eigenvalue weighted by Crippen LogP contribution is 2.34. The molecule has 0 amide bonds. The van der Waals surface area contributed by atoms with Crippen molar-refractivity contribution < 1.29 is 43.1 Å². The predicted molar refractivity (Wildman–Crippen MR) is 106 cm³/mol. The summed E-state index contributed by atoms with van der Waals surface area (Å²) < 4.78 is 39.5. The number of hydrogen-bond donors (Lipinski definition) is 3. The molecule has 176 valence electrons. The van der Waals surface area contributed by atoms with Gasteiger partial charge in [0.05, 0.1) is 27.5 Å². The highest BCUT2D eigenvalue weighted by atomic mass is 19.1. The minimum Gasteiger partial charge on any atom is -0.496 e. The molecule has 0 bridgehead atoms. The Kier molecular flexibility index (Phi) is 8.34. The smallest absolute Gasteiger partial charge is 0.345 e.